The summed E-state index contributed by atoms with van der Waals surface area (Å²) in [6.45, 7) is 4.41. The molecule has 0 radical (unpaired) electrons. The lowest BCUT2D eigenvalue weighted by atomic mass is 10.3. The van der Waals surface area contributed by atoms with Crippen LogP contribution in [0.15, 0.2) is 11.5 Å². The van der Waals surface area contributed by atoms with E-state index in [4.69, 9.17) is 9.47 Å². The number of ether oxygens (including phenoxy) is 2. The van der Waals surface area contributed by atoms with Gasteiger partial charge in [-0.05, 0) is 6.92 Å². The van der Waals surface area contributed by atoms with Gasteiger partial charge in [0.2, 0.25) is 5.76 Å². The Balaban J connectivity index is 2.05. The molecule has 0 aromatic carbocycles. The Labute approximate surface area is 93.6 Å². The first-order valence-electron chi connectivity index (χ1n) is 5.12. The average Bonchev–Trinajstić information content (AvgIpc) is 2.30. The molecule has 0 unspecified atom stereocenters. The number of nitrogens with zero attached hydrogens (tertiary/aromatic N) is 1. The van der Waals surface area contributed by atoms with Crippen LogP contribution < -0.4 is 0 Å². The van der Waals surface area contributed by atoms with Crippen molar-refractivity contribution >= 4 is 17.7 Å². The van der Waals surface area contributed by atoms with Crippen molar-refractivity contribution in [3.63, 3.8) is 0 Å². The summed E-state index contributed by atoms with van der Waals surface area (Å²) in [7, 11) is 0. The van der Waals surface area contributed by atoms with E-state index in [1.807, 2.05) is 16.7 Å². The van der Waals surface area contributed by atoms with Gasteiger partial charge in [-0.2, -0.15) is 11.8 Å². The fourth-order valence-corrected chi connectivity index (χ4v) is 2.53. The number of amides is 1. The molecule has 0 aliphatic carbocycles. The van der Waals surface area contributed by atoms with Gasteiger partial charge in [-0.15, -0.1) is 0 Å². The van der Waals surface area contributed by atoms with Crippen LogP contribution in [-0.4, -0.2) is 48.6 Å². The molecule has 4 nitrogen and oxygen atoms in total. The van der Waals surface area contributed by atoms with Gasteiger partial charge in [0.25, 0.3) is 5.91 Å². The molecule has 1 saturated heterocycles. The second-order valence-electron chi connectivity index (χ2n) is 3.49. The van der Waals surface area contributed by atoms with Gasteiger partial charge in [0.15, 0.2) is 0 Å². The first-order chi connectivity index (χ1) is 7.29. The number of carbonyl (C=O) groups is 1. The zero-order valence-corrected chi connectivity index (χ0v) is 9.64. The van der Waals surface area contributed by atoms with Crippen molar-refractivity contribution < 1.29 is 14.3 Å². The number of hydrogen-bond donors (Lipinski definition) is 0. The molecule has 15 heavy (non-hydrogen) atoms. The quantitative estimate of drug-likeness (QED) is 0.668. The molecule has 1 fully saturated rings. The number of carbonyl (C=O) groups excluding carboxylic acids is 1. The fourth-order valence-electron chi connectivity index (χ4n) is 1.63. The lowest BCUT2D eigenvalue weighted by molar-refractivity contribution is -0.132. The molecular formula is C10H15NO3S. The predicted octanol–water partition coefficient (Wildman–Crippen LogP) is 0.840. The summed E-state index contributed by atoms with van der Waals surface area (Å²) in [5.41, 5.74) is 0. The van der Waals surface area contributed by atoms with Crippen molar-refractivity contribution in [3.05, 3.63) is 11.5 Å². The van der Waals surface area contributed by atoms with Crippen LogP contribution in [-0.2, 0) is 14.3 Å². The van der Waals surface area contributed by atoms with E-state index < -0.39 is 0 Å². The lowest BCUT2D eigenvalue weighted by Gasteiger charge is -2.29. The van der Waals surface area contributed by atoms with E-state index in [1.165, 1.54) is 0 Å². The summed E-state index contributed by atoms with van der Waals surface area (Å²) in [5.74, 6) is 3.02. The Bertz CT molecular complexity index is 284. The molecule has 0 bridgehead atoms. The number of allylic oxidation sites excluding steroid dienone is 1. The van der Waals surface area contributed by atoms with Crippen molar-refractivity contribution in [2.45, 2.75) is 6.92 Å². The lowest BCUT2D eigenvalue weighted by Crippen LogP contribution is -2.40. The zero-order chi connectivity index (χ0) is 10.7. The van der Waals surface area contributed by atoms with Crippen LogP contribution in [0.5, 0.6) is 0 Å². The smallest absolute Gasteiger partial charge is 0.292 e. The summed E-state index contributed by atoms with van der Waals surface area (Å²) in [4.78, 5) is 13.9. The molecule has 1 amide bonds. The Morgan fingerprint density at radius 1 is 1.27 bits per heavy atom. The predicted molar refractivity (Wildman–Crippen MR) is 58.5 cm³/mol. The van der Waals surface area contributed by atoms with Crippen molar-refractivity contribution in [2.24, 2.45) is 0 Å². The molecule has 0 spiro atoms. The fraction of sp³-hybridized carbons (Fsp3) is 0.700. The van der Waals surface area contributed by atoms with Crippen LogP contribution in [0.4, 0.5) is 0 Å². The summed E-state index contributed by atoms with van der Waals surface area (Å²) >= 11 is 1.88. The Morgan fingerprint density at radius 2 is 1.93 bits per heavy atom. The largest absolute Gasteiger partial charge is 0.491 e. The van der Waals surface area contributed by atoms with Crippen LogP contribution in [0.3, 0.4) is 0 Å². The second kappa shape index (κ2) is 4.79. The topological polar surface area (TPSA) is 38.8 Å². The van der Waals surface area contributed by atoms with Gasteiger partial charge in [0.05, 0.1) is 0 Å². The van der Waals surface area contributed by atoms with Gasteiger partial charge < -0.3 is 14.4 Å². The van der Waals surface area contributed by atoms with Crippen LogP contribution in [0.1, 0.15) is 6.92 Å². The Morgan fingerprint density at radius 3 is 2.60 bits per heavy atom. The monoisotopic (exact) mass is 229 g/mol. The van der Waals surface area contributed by atoms with E-state index in [0.29, 0.717) is 24.7 Å². The van der Waals surface area contributed by atoms with Crippen molar-refractivity contribution in [3.8, 4) is 0 Å². The van der Waals surface area contributed by atoms with Crippen molar-refractivity contribution in [1.29, 1.82) is 0 Å². The Kier molecular flexibility index (Phi) is 3.41. The maximum absolute atomic E-state index is 12.0. The van der Waals surface area contributed by atoms with Crippen molar-refractivity contribution in [1.82, 2.24) is 4.90 Å². The third-order valence-corrected chi connectivity index (χ3v) is 3.40. The van der Waals surface area contributed by atoms with Crippen LogP contribution >= 0.6 is 11.8 Å². The van der Waals surface area contributed by atoms with E-state index in [1.54, 1.807) is 6.92 Å². The minimum atomic E-state index is -0.0208. The molecular weight excluding hydrogens is 214 g/mol. The number of thioether (sulfide) groups is 1. The van der Waals surface area contributed by atoms with Gasteiger partial charge in [-0.3, -0.25) is 4.79 Å². The van der Waals surface area contributed by atoms with E-state index in [2.05, 4.69) is 0 Å². The van der Waals surface area contributed by atoms with Gasteiger partial charge in [0, 0.05) is 24.6 Å². The number of rotatable bonds is 1. The highest BCUT2D eigenvalue weighted by molar-refractivity contribution is 7.99. The third kappa shape index (κ3) is 2.40. The molecule has 2 aliphatic heterocycles. The highest BCUT2D eigenvalue weighted by Crippen LogP contribution is 2.18. The molecule has 2 aliphatic rings. The Hall–Kier alpha value is -0.840. The van der Waals surface area contributed by atoms with Crippen LogP contribution in [0, 0.1) is 0 Å². The molecule has 2 heterocycles. The summed E-state index contributed by atoms with van der Waals surface area (Å²) < 4.78 is 10.7. The highest BCUT2D eigenvalue weighted by Gasteiger charge is 2.26. The minimum Gasteiger partial charge on any atom is -0.491 e. The van der Waals surface area contributed by atoms with Gasteiger partial charge in [-0.25, -0.2) is 0 Å². The third-order valence-electron chi connectivity index (χ3n) is 2.46. The number of hydrogen-bond acceptors (Lipinski definition) is 4. The normalized spacial score (nSPS) is 22.1. The van der Waals surface area contributed by atoms with Crippen molar-refractivity contribution in [2.75, 3.05) is 37.8 Å². The zero-order valence-electron chi connectivity index (χ0n) is 8.82. The summed E-state index contributed by atoms with van der Waals surface area (Å²) in [5, 5.41) is 0. The maximum atomic E-state index is 12.0. The molecule has 84 valence electrons. The minimum absolute atomic E-state index is 0.0208. The molecule has 0 N–H and O–H groups in total. The SMILES string of the molecule is CC1=C(C(=O)N2CCSCC2)OCCO1. The molecule has 0 saturated carbocycles. The summed E-state index contributed by atoms with van der Waals surface area (Å²) in [6.07, 6.45) is 0. The molecule has 0 aromatic heterocycles. The summed E-state index contributed by atoms with van der Waals surface area (Å²) in [6, 6.07) is 0. The van der Waals surface area contributed by atoms with Crippen LogP contribution in [0.2, 0.25) is 0 Å². The molecule has 0 atom stereocenters. The van der Waals surface area contributed by atoms with Gasteiger partial charge in [0.1, 0.15) is 19.0 Å². The maximum Gasteiger partial charge on any atom is 0.292 e. The first kappa shape index (κ1) is 10.7. The standard InChI is InChI=1S/C10H15NO3S/c1-8-9(14-5-4-13-8)10(12)11-2-6-15-7-3-11/h2-7H2,1H3. The molecule has 0 aromatic rings. The van der Waals surface area contributed by atoms with E-state index in [-0.39, 0.29) is 5.91 Å². The first-order valence-corrected chi connectivity index (χ1v) is 6.28. The van der Waals surface area contributed by atoms with Gasteiger partial charge >= 0.3 is 0 Å². The second-order valence-corrected chi connectivity index (χ2v) is 4.71. The van der Waals surface area contributed by atoms with Crippen LogP contribution in [0.25, 0.3) is 0 Å². The van der Waals surface area contributed by atoms with E-state index >= 15 is 0 Å². The molecule has 5 heteroatoms. The van der Waals surface area contributed by atoms with E-state index in [9.17, 15) is 4.79 Å². The van der Waals surface area contributed by atoms with Gasteiger partial charge in [-0.1, -0.05) is 0 Å². The van der Waals surface area contributed by atoms with E-state index in [0.717, 1.165) is 24.6 Å². The highest BCUT2D eigenvalue weighted by atomic mass is 32.2. The average molecular weight is 229 g/mol. The molecule has 2 rings (SSSR count).